The van der Waals surface area contributed by atoms with Crippen LogP contribution in [-0.2, 0) is 19.8 Å². The number of aryl methyl sites for hydroxylation is 1. The topological polar surface area (TPSA) is 60.2 Å². The molecule has 90 valence electrons. The van der Waals surface area contributed by atoms with Crippen molar-refractivity contribution in [1.29, 1.82) is 0 Å². The molecule has 2 aromatic rings. The van der Waals surface area contributed by atoms with E-state index >= 15 is 0 Å². The van der Waals surface area contributed by atoms with Gasteiger partial charge in [-0.25, -0.2) is 4.68 Å². The molecule has 0 radical (unpaired) electrons. The summed E-state index contributed by atoms with van der Waals surface area (Å²) in [7, 11) is 0. The van der Waals surface area contributed by atoms with Crippen LogP contribution in [0.4, 0.5) is 0 Å². The summed E-state index contributed by atoms with van der Waals surface area (Å²) < 4.78 is 7.35. The molecule has 0 aliphatic heterocycles. The molecule has 5 heteroatoms. The fraction of sp³-hybridized carbons (Fsp3) is 0.333. The van der Waals surface area contributed by atoms with Crippen molar-refractivity contribution in [2.45, 2.75) is 26.7 Å². The Hall–Kier alpha value is -1.88. The molecule has 0 saturated carbocycles. The molecule has 1 N–H and O–H groups in total. The molecular weight excluding hydrogens is 218 g/mol. The zero-order chi connectivity index (χ0) is 12.1. The van der Waals surface area contributed by atoms with Crippen molar-refractivity contribution in [3.63, 3.8) is 0 Å². The zero-order valence-electron chi connectivity index (χ0n) is 9.71. The van der Waals surface area contributed by atoms with Crippen LogP contribution in [0.3, 0.4) is 0 Å². The molecule has 0 atom stereocenters. The van der Waals surface area contributed by atoms with E-state index in [9.17, 15) is 0 Å². The van der Waals surface area contributed by atoms with Gasteiger partial charge in [0, 0.05) is 6.54 Å². The maximum atomic E-state index is 9.15. The second kappa shape index (κ2) is 5.45. The number of hydrogen-bond donors (Lipinski definition) is 1. The normalized spacial score (nSPS) is 10.5. The maximum Gasteiger partial charge on any atom is 0.132 e. The standard InChI is InChI=1S/C12H15N3O2/c1-2-15-12(11(8-16)13-14-15)9-17-10-6-4-3-5-7-10/h3-7,16H,2,8-9H2,1H3. The molecule has 1 heterocycles. The van der Waals surface area contributed by atoms with Crippen LogP contribution in [0, 0.1) is 0 Å². The molecule has 0 unspecified atom stereocenters. The maximum absolute atomic E-state index is 9.15. The lowest BCUT2D eigenvalue weighted by Crippen LogP contribution is -2.08. The molecule has 0 aliphatic carbocycles. The number of aromatic nitrogens is 3. The predicted octanol–water partition coefficient (Wildman–Crippen LogP) is 1.37. The molecule has 0 aliphatic rings. The lowest BCUT2D eigenvalue weighted by molar-refractivity contribution is 0.261. The summed E-state index contributed by atoms with van der Waals surface area (Å²) in [6, 6.07) is 9.54. The summed E-state index contributed by atoms with van der Waals surface area (Å²) in [5, 5.41) is 17.0. The molecule has 17 heavy (non-hydrogen) atoms. The number of aliphatic hydroxyl groups is 1. The van der Waals surface area contributed by atoms with Crippen molar-refractivity contribution in [2.24, 2.45) is 0 Å². The molecule has 5 nitrogen and oxygen atoms in total. The van der Waals surface area contributed by atoms with Crippen LogP contribution in [0.15, 0.2) is 30.3 Å². The summed E-state index contributed by atoms with van der Waals surface area (Å²) >= 11 is 0. The van der Waals surface area contributed by atoms with Crippen LogP contribution in [0.25, 0.3) is 0 Å². The first-order chi connectivity index (χ1) is 8.35. The molecule has 0 bridgehead atoms. The summed E-state index contributed by atoms with van der Waals surface area (Å²) in [5.41, 5.74) is 1.39. The van der Waals surface area contributed by atoms with Gasteiger partial charge in [-0.1, -0.05) is 23.4 Å². The number of aliphatic hydroxyl groups excluding tert-OH is 1. The van der Waals surface area contributed by atoms with E-state index < -0.39 is 0 Å². The van der Waals surface area contributed by atoms with Gasteiger partial charge < -0.3 is 9.84 Å². The molecule has 1 aromatic carbocycles. The van der Waals surface area contributed by atoms with E-state index in [1.807, 2.05) is 37.3 Å². The van der Waals surface area contributed by atoms with Crippen molar-refractivity contribution >= 4 is 0 Å². The van der Waals surface area contributed by atoms with Gasteiger partial charge in [0.25, 0.3) is 0 Å². The van der Waals surface area contributed by atoms with Crippen LogP contribution in [0.5, 0.6) is 5.75 Å². The van der Waals surface area contributed by atoms with E-state index in [4.69, 9.17) is 9.84 Å². The molecular formula is C12H15N3O2. The van der Waals surface area contributed by atoms with Crippen LogP contribution in [0.1, 0.15) is 18.3 Å². The summed E-state index contributed by atoms with van der Waals surface area (Å²) in [4.78, 5) is 0. The van der Waals surface area contributed by atoms with Crippen LogP contribution in [0.2, 0.25) is 0 Å². The highest BCUT2D eigenvalue weighted by molar-refractivity contribution is 5.21. The van der Waals surface area contributed by atoms with Gasteiger partial charge >= 0.3 is 0 Å². The quantitative estimate of drug-likeness (QED) is 0.847. The van der Waals surface area contributed by atoms with Crippen molar-refractivity contribution < 1.29 is 9.84 Å². The van der Waals surface area contributed by atoms with Gasteiger partial charge in [-0.3, -0.25) is 0 Å². The number of hydrogen-bond acceptors (Lipinski definition) is 4. The van der Waals surface area contributed by atoms with Gasteiger partial charge in [-0.2, -0.15) is 0 Å². The Balaban J connectivity index is 2.10. The number of para-hydroxylation sites is 1. The molecule has 0 saturated heterocycles. The predicted molar refractivity (Wildman–Crippen MR) is 62.4 cm³/mol. The smallest absolute Gasteiger partial charge is 0.132 e. The van der Waals surface area contributed by atoms with Crippen molar-refractivity contribution in [2.75, 3.05) is 0 Å². The lowest BCUT2D eigenvalue weighted by Gasteiger charge is -2.07. The fourth-order valence-corrected chi connectivity index (χ4v) is 1.57. The van der Waals surface area contributed by atoms with Crippen LogP contribution in [-0.4, -0.2) is 20.1 Å². The van der Waals surface area contributed by atoms with E-state index in [0.717, 1.165) is 11.4 Å². The third-order valence-electron chi connectivity index (χ3n) is 2.49. The number of rotatable bonds is 5. The first kappa shape index (κ1) is 11.6. The van der Waals surface area contributed by atoms with Gasteiger partial charge in [0.1, 0.15) is 23.7 Å². The zero-order valence-corrected chi connectivity index (χ0v) is 9.71. The van der Waals surface area contributed by atoms with E-state index in [-0.39, 0.29) is 6.61 Å². The van der Waals surface area contributed by atoms with Gasteiger partial charge in [0.05, 0.1) is 6.61 Å². The van der Waals surface area contributed by atoms with Crippen LogP contribution >= 0.6 is 0 Å². The molecule has 1 aromatic heterocycles. The van der Waals surface area contributed by atoms with Crippen LogP contribution < -0.4 is 4.74 Å². The highest BCUT2D eigenvalue weighted by Gasteiger charge is 2.11. The number of benzene rings is 1. The first-order valence-corrected chi connectivity index (χ1v) is 5.55. The Kier molecular flexibility index (Phi) is 3.72. The molecule has 0 amide bonds. The van der Waals surface area contributed by atoms with Gasteiger partial charge in [0.2, 0.25) is 0 Å². The second-order valence-electron chi connectivity index (χ2n) is 3.56. The van der Waals surface area contributed by atoms with E-state index in [0.29, 0.717) is 18.8 Å². The summed E-state index contributed by atoms with van der Waals surface area (Å²) in [6.45, 7) is 2.93. The first-order valence-electron chi connectivity index (χ1n) is 5.55. The molecule has 0 fully saturated rings. The molecule has 2 rings (SSSR count). The van der Waals surface area contributed by atoms with Crippen molar-refractivity contribution in [3.05, 3.63) is 41.7 Å². The average Bonchev–Trinajstić information content (AvgIpc) is 2.79. The van der Waals surface area contributed by atoms with E-state index in [1.165, 1.54) is 0 Å². The molecule has 0 spiro atoms. The largest absolute Gasteiger partial charge is 0.487 e. The SMILES string of the molecule is CCn1nnc(CO)c1COc1ccccc1. The van der Waals surface area contributed by atoms with E-state index in [1.54, 1.807) is 4.68 Å². The Morgan fingerprint density at radius 2 is 2.06 bits per heavy atom. The Labute approximate surface area is 99.7 Å². The highest BCUT2D eigenvalue weighted by atomic mass is 16.5. The number of nitrogens with zero attached hydrogens (tertiary/aromatic N) is 3. The third kappa shape index (κ3) is 2.62. The van der Waals surface area contributed by atoms with Crippen molar-refractivity contribution in [3.8, 4) is 5.75 Å². The lowest BCUT2D eigenvalue weighted by atomic mass is 10.3. The Bertz CT molecular complexity index is 446. The summed E-state index contributed by atoms with van der Waals surface area (Å²) in [5.74, 6) is 0.792. The average molecular weight is 233 g/mol. The third-order valence-corrected chi connectivity index (χ3v) is 2.49. The van der Waals surface area contributed by atoms with Gasteiger partial charge in [0.15, 0.2) is 0 Å². The van der Waals surface area contributed by atoms with Gasteiger partial charge in [-0.05, 0) is 19.1 Å². The summed E-state index contributed by atoms with van der Waals surface area (Å²) in [6.07, 6.45) is 0. The minimum Gasteiger partial charge on any atom is -0.487 e. The monoisotopic (exact) mass is 233 g/mol. The fourth-order valence-electron chi connectivity index (χ4n) is 1.57. The minimum absolute atomic E-state index is 0.118. The minimum atomic E-state index is -0.118. The van der Waals surface area contributed by atoms with Gasteiger partial charge in [-0.15, -0.1) is 5.10 Å². The Morgan fingerprint density at radius 3 is 2.71 bits per heavy atom. The second-order valence-corrected chi connectivity index (χ2v) is 3.56. The van der Waals surface area contributed by atoms with Crippen molar-refractivity contribution in [1.82, 2.24) is 15.0 Å². The Morgan fingerprint density at radius 1 is 1.29 bits per heavy atom. The van der Waals surface area contributed by atoms with E-state index in [2.05, 4.69) is 10.3 Å². The highest BCUT2D eigenvalue weighted by Crippen LogP contribution is 2.13. The number of ether oxygens (including phenoxy) is 1.